The van der Waals surface area contributed by atoms with Gasteiger partial charge in [-0.1, -0.05) is 30.7 Å². The van der Waals surface area contributed by atoms with Crippen LogP contribution in [0.15, 0.2) is 42.7 Å². The minimum Gasteiger partial charge on any atom is -0.496 e. The lowest BCUT2D eigenvalue weighted by Crippen LogP contribution is -2.33. The third-order valence-corrected chi connectivity index (χ3v) is 3.60. The lowest BCUT2D eigenvalue weighted by Gasteiger charge is -2.19. The van der Waals surface area contributed by atoms with Crippen LogP contribution in [-0.2, 0) is 12.8 Å². The van der Waals surface area contributed by atoms with E-state index < -0.39 is 0 Å². The Balaban J connectivity index is 2.14. The van der Waals surface area contributed by atoms with Crippen LogP contribution in [0.5, 0.6) is 5.75 Å². The average Bonchev–Trinajstić information content (AvgIpc) is 2.49. The summed E-state index contributed by atoms with van der Waals surface area (Å²) in [6.07, 6.45) is 5.68. The molecular formula is C18H24N2O. The third kappa shape index (κ3) is 4.57. The van der Waals surface area contributed by atoms with Crippen molar-refractivity contribution >= 4 is 0 Å². The number of pyridine rings is 1. The molecule has 0 amide bonds. The molecule has 0 saturated heterocycles. The van der Waals surface area contributed by atoms with Crippen molar-refractivity contribution in [2.24, 2.45) is 0 Å². The highest BCUT2D eigenvalue weighted by Crippen LogP contribution is 2.22. The fraction of sp³-hybridized carbons (Fsp3) is 0.389. The molecule has 1 heterocycles. The van der Waals surface area contributed by atoms with Crippen LogP contribution in [0.2, 0.25) is 0 Å². The highest BCUT2D eigenvalue weighted by Gasteiger charge is 2.13. The van der Waals surface area contributed by atoms with Crippen LogP contribution in [0, 0.1) is 6.92 Å². The molecule has 2 aromatic rings. The van der Waals surface area contributed by atoms with Gasteiger partial charge in [0.25, 0.3) is 0 Å². The Hall–Kier alpha value is -1.87. The van der Waals surface area contributed by atoms with Crippen LogP contribution in [-0.4, -0.2) is 24.7 Å². The van der Waals surface area contributed by atoms with Crippen LogP contribution in [0.4, 0.5) is 0 Å². The normalized spacial score (nSPS) is 12.1. The largest absolute Gasteiger partial charge is 0.496 e. The second kappa shape index (κ2) is 7.79. The topological polar surface area (TPSA) is 34.2 Å². The first-order chi connectivity index (χ1) is 10.2. The van der Waals surface area contributed by atoms with E-state index in [-0.39, 0.29) is 0 Å². The molecule has 3 nitrogen and oxygen atoms in total. The van der Waals surface area contributed by atoms with Crippen LogP contribution < -0.4 is 10.1 Å². The molecule has 0 fully saturated rings. The number of hydrogen-bond donors (Lipinski definition) is 1. The van der Waals surface area contributed by atoms with Crippen LogP contribution >= 0.6 is 0 Å². The van der Waals surface area contributed by atoms with E-state index in [1.807, 2.05) is 18.5 Å². The molecule has 0 spiro atoms. The number of hydrogen-bond acceptors (Lipinski definition) is 3. The highest BCUT2D eigenvalue weighted by atomic mass is 16.5. The summed E-state index contributed by atoms with van der Waals surface area (Å²) in [5, 5.41) is 3.57. The zero-order chi connectivity index (χ0) is 15.1. The predicted molar refractivity (Wildman–Crippen MR) is 86.8 cm³/mol. The van der Waals surface area contributed by atoms with Gasteiger partial charge in [0.1, 0.15) is 5.75 Å². The standard InChI is InChI=1S/C18H24N2O/c1-4-20-17(11-15-6-5-9-19-13-15)12-16-10-14(2)7-8-18(16)21-3/h5-10,13,17,20H,4,11-12H2,1-3H3. The number of nitrogens with zero attached hydrogens (tertiary/aromatic N) is 1. The summed E-state index contributed by atoms with van der Waals surface area (Å²) in [7, 11) is 1.73. The number of rotatable bonds is 7. The number of nitrogens with one attached hydrogen (secondary N) is 1. The highest BCUT2D eigenvalue weighted by molar-refractivity contribution is 5.37. The number of likely N-dealkylation sites (N-methyl/N-ethyl adjacent to an activating group) is 1. The molecule has 1 unspecified atom stereocenters. The Labute approximate surface area is 127 Å². The Morgan fingerprint density at radius 3 is 2.76 bits per heavy atom. The molecule has 1 aromatic heterocycles. The van der Waals surface area contributed by atoms with E-state index in [0.29, 0.717) is 6.04 Å². The molecule has 1 N–H and O–H groups in total. The van der Waals surface area contributed by atoms with Gasteiger partial charge in [-0.15, -0.1) is 0 Å². The number of aryl methyl sites for hydroxylation is 1. The zero-order valence-electron chi connectivity index (χ0n) is 13.1. The van der Waals surface area contributed by atoms with E-state index >= 15 is 0 Å². The average molecular weight is 284 g/mol. The summed E-state index contributed by atoms with van der Waals surface area (Å²) < 4.78 is 5.49. The number of aromatic nitrogens is 1. The van der Waals surface area contributed by atoms with Gasteiger partial charge in [0, 0.05) is 18.4 Å². The molecule has 3 heteroatoms. The molecule has 0 bridgehead atoms. The second-order valence-corrected chi connectivity index (χ2v) is 5.34. The first-order valence-corrected chi connectivity index (χ1v) is 7.48. The Morgan fingerprint density at radius 1 is 1.24 bits per heavy atom. The maximum absolute atomic E-state index is 5.49. The number of methoxy groups -OCH3 is 1. The minimum atomic E-state index is 0.384. The summed E-state index contributed by atoms with van der Waals surface area (Å²) >= 11 is 0. The monoisotopic (exact) mass is 284 g/mol. The molecule has 0 saturated carbocycles. The van der Waals surface area contributed by atoms with Crippen molar-refractivity contribution in [1.82, 2.24) is 10.3 Å². The molecule has 1 aromatic carbocycles. The Kier molecular flexibility index (Phi) is 5.76. The van der Waals surface area contributed by atoms with Crippen molar-refractivity contribution in [1.29, 1.82) is 0 Å². The molecule has 0 aliphatic heterocycles. The zero-order valence-corrected chi connectivity index (χ0v) is 13.1. The van der Waals surface area contributed by atoms with Gasteiger partial charge in [-0.3, -0.25) is 4.98 Å². The lowest BCUT2D eigenvalue weighted by molar-refractivity contribution is 0.404. The molecule has 0 radical (unpaired) electrons. The summed E-state index contributed by atoms with van der Waals surface area (Å²) in [6, 6.07) is 10.9. The van der Waals surface area contributed by atoms with Crippen molar-refractivity contribution in [3.8, 4) is 5.75 Å². The van der Waals surface area contributed by atoms with Gasteiger partial charge in [-0.25, -0.2) is 0 Å². The molecule has 112 valence electrons. The van der Waals surface area contributed by atoms with Crippen molar-refractivity contribution < 1.29 is 4.74 Å². The van der Waals surface area contributed by atoms with Gasteiger partial charge >= 0.3 is 0 Å². The van der Waals surface area contributed by atoms with E-state index in [1.165, 1.54) is 16.7 Å². The maximum atomic E-state index is 5.49. The number of ether oxygens (including phenoxy) is 1. The van der Waals surface area contributed by atoms with Gasteiger partial charge < -0.3 is 10.1 Å². The van der Waals surface area contributed by atoms with Crippen molar-refractivity contribution in [3.63, 3.8) is 0 Å². The molecule has 2 rings (SSSR count). The van der Waals surface area contributed by atoms with Gasteiger partial charge in [-0.05, 0) is 49.6 Å². The first-order valence-electron chi connectivity index (χ1n) is 7.48. The smallest absolute Gasteiger partial charge is 0.122 e. The van der Waals surface area contributed by atoms with Gasteiger partial charge in [0.15, 0.2) is 0 Å². The molecule has 1 atom stereocenters. The maximum Gasteiger partial charge on any atom is 0.122 e. The summed E-state index contributed by atoms with van der Waals surface area (Å²) in [5.74, 6) is 0.967. The fourth-order valence-corrected chi connectivity index (χ4v) is 2.64. The van der Waals surface area contributed by atoms with Crippen molar-refractivity contribution in [3.05, 3.63) is 59.4 Å². The van der Waals surface area contributed by atoms with E-state index in [2.05, 4.69) is 48.4 Å². The minimum absolute atomic E-state index is 0.384. The Bertz CT molecular complexity index is 554. The van der Waals surface area contributed by atoms with Crippen molar-refractivity contribution in [2.75, 3.05) is 13.7 Å². The Morgan fingerprint density at radius 2 is 2.10 bits per heavy atom. The predicted octanol–water partition coefficient (Wildman–Crippen LogP) is 3.16. The molecular weight excluding hydrogens is 260 g/mol. The van der Waals surface area contributed by atoms with E-state index in [1.54, 1.807) is 7.11 Å². The van der Waals surface area contributed by atoms with Crippen LogP contribution in [0.1, 0.15) is 23.6 Å². The van der Waals surface area contributed by atoms with Crippen LogP contribution in [0.3, 0.4) is 0 Å². The van der Waals surface area contributed by atoms with E-state index in [4.69, 9.17) is 4.74 Å². The summed E-state index contributed by atoms with van der Waals surface area (Å²) in [4.78, 5) is 4.20. The number of benzene rings is 1. The molecule has 21 heavy (non-hydrogen) atoms. The fourth-order valence-electron chi connectivity index (χ4n) is 2.64. The quantitative estimate of drug-likeness (QED) is 0.848. The summed E-state index contributed by atoms with van der Waals surface area (Å²) in [6.45, 7) is 5.22. The van der Waals surface area contributed by atoms with Gasteiger partial charge in [0.05, 0.1) is 7.11 Å². The molecule has 0 aliphatic carbocycles. The van der Waals surface area contributed by atoms with Crippen LogP contribution in [0.25, 0.3) is 0 Å². The van der Waals surface area contributed by atoms with Crippen molar-refractivity contribution in [2.45, 2.75) is 32.7 Å². The SMILES string of the molecule is CCNC(Cc1cccnc1)Cc1cc(C)ccc1OC. The van der Waals surface area contributed by atoms with Gasteiger partial charge in [0.2, 0.25) is 0 Å². The third-order valence-electron chi connectivity index (χ3n) is 3.60. The second-order valence-electron chi connectivity index (χ2n) is 5.34. The van der Waals surface area contributed by atoms with Gasteiger partial charge in [-0.2, -0.15) is 0 Å². The lowest BCUT2D eigenvalue weighted by atomic mass is 9.98. The molecule has 0 aliphatic rings. The van der Waals surface area contributed by atoms with E-state index in [9.17, 15) is 0 Å². The first kappa shape index (κ1) is 15.5. The van der Waals surface area contributed by atoms with E-state index in [0.717, 1.165) is 25.1 Å². The summed E-state index contributed by atoms with van der Waals surface area (Å²) in [5.41, 5.74) is 3.78.